The molecule has 104 valence electrons. The van der Waals surface area contributed by atoms with Crippen LogP contribution in [0.4, 0.5) is 14.5 Å². The molecule has 0 amide bonds. The average molecular weight is 266 g/mol. The molecule has 1 saturated heterocycles. The predicted molar refractivity (Wildman–Crippen MR) is 72.5 cm³/mol. The van der Waals surface area contributed by atoms with Crippen molar-refractivity contribution in [2.45, 2.75) is 38.1 Å². The average Bonchev–Trinajstić information content (AvgIpc) is 2.69. The normalized spacial score (nSPS) is 26.8. The lowest BCUT2D eigenvalue weighted by atomic mass is 9.75. The molecule has 4 heteroatoms. The van der Waals surface area contributed by atoms with Gasteiger partial charge in [-0.05, 0) is 44.9 Å². The van der Waals surface area contributed by atoms with Crippen LogP contribution < -0.4 is 5.32 Å². The van der Waals surface area contributed by atoms with E-state index in [4.69, 9.17) is 0 Å². The van der Waals surface area contributed by atoms with Crippen LogP contribution in [0.2, 0.25) is 0 Å². The summed E-state index contributed by atoms with van der Waals surface area (Å²) in [6.07, 6.45) is 2.08. The fourth-order valence-corrected chi connectivity index (χ4v) is 3.50. The molecule has 1 aromatic rings. The molecular weight excluding hydrogens is 246 g/mol. The highest BCUT2D eigenvalue weighted by atomic mass is 19.1. The van der Waals surface area contributed by atoms with E-state index >= 15 is 0 Å². The highest BCUT2D eigenvalue weighted by Crippen LogP contribution is 2.44. The topological polar surface area (TPSA) is 15.3 Å². The van der Waals surface area contributed by atoms with Gasteiger partial charge in [-0.3, -0.25) is 4.90 Å². The number of piperidine rings is 1. The van der Waals surface area contributed by atoms with E-state index in [1.54, 1.807) is 0 Å². The Morgan fingerprint density at radius 2 is 2.11 bits per heavy atom. The van der Waals surface area contributed by atoms with Gasteiger partial charge < -0.3 is 5.32 Å². The summed E-state index contributed by atoms with van der Waals surface area (Å²) < 4.78 is 27.4. The zero-order chi connectivity index (χ0) is 13.6. The van der Waals surface area contributed by atoms with Gasteiger partial charge in [0.1, 0.15) is 11.6 Å². The van der Waals surface area contributed by atoms with Gasteiger partial charge in [0, 0.05) is 30.6 Å². The Balaban J connectivity index is 2.00. The second-order valence-corrected chi connectivity index (χ2v) is 6.11. The second kappa shape index (κ2) is 4.44. The SMILES string of the molecule is CC(C)N1CCC[C@]2(CNc3c(F)cc(F)cc32)C1. The van der Waals surface area contributed by atoms with E-state index in [2.05, 4.69) is 24.1 Å². The zero-order valence-electron chi connectivity index (χ0n) is 11.5. The minimum absolute atomic E-state index is 0.124. The van der Waals surface area contributed by atoms with Crippen molar-refractivity contribution in [1.82, 2.24) is 4.90 Å². The first-order chi connectivity index (χ1) is 9.02. The third kappa shape index (κ3) is 2.02. The Kier molecular flexibility index (Phi) is 3.01. The summed E-state index contributed by atoms with van der Waals surface area (Å²) in [5, 5.41) is 3.15. The first kappa shape index (κ1) is 12.9. The summed E-state index contributed by atoms with van der Waals surface area (Å²) in [4.78, 5) is 2.41. The number of fused-ring (bicyclic) bond motifs is 2. The van der Waals surface area contributed by atoms with Crippen molar-refractivity contribution in [2.24, 2.45) is 0 Å². The third-order valence-corrected chi connectivity index (χ3v) is 4.57. The maximum absolute atomic E-state index is 13.8. The van der Waals surface area contributed by atoms with Gasteiger partial charge >= 0.3 is 0 Å². The summed E-state index contributed by atoms with van der Waals surface area (Å²) in [6, 6.07) is 2.95. The Labute approximate surface area is 112 Å². The second-order valence-electron chi connectivity index (χ2n) is 6.11. The molecule has 0 bridgehead atoms. The van der Waals surface area contributed by atoms with Crippen molar-refractivity contribution in [2.75, 3.05) is 25.0 Å². The van der Waals surface area contributed by atoms with E-state index in [9.17, 15) is 8.78 Å². The molecule has 2 aliphatic rings. The van der Waals surface area contributed by atoms with Gasteiger partial charge in [-0.25, -0.2) is 8.78 Å². The van der Waals surface area contributed by atoms with Crippen LogP contribution in [0.3, 0.4) is 0 Å². The first-order valence-electron chi connectivity index (χ1n) is 6.99. The van der Waals surface area contributed by atoms with Crippen LogP contribution in [0, 0.1) is 11.6 Å². The van der Waals surface area contributed by atoms with Crippen LogP contribution in [0.5, 0.6) is 0 Å². The smallest absolute Gasteiger partial charge is 0.149 e. The molecule has 2 nitrogen and oxygen atoms in total. The predicted octanol–water partition coefficient (Wildman–Crippen LogP) is 3.13. The van der Waals surface area contributed by atoms with E-state index in [-0.39, 0.29) is 5.41 Å². The molecule has 1 N–H and O–H groups in total. The van der Waals surface area contributed by atoms with E-state index in [0.29, 0.717) is 18.3 Å². The minimum Gasteiger partial charge on any atom is -0.381 e. The largest absolute Gasteiger partial charge is 0.381 e. The summed E-state index contributed by atoms with van der Waals surface area (Å²) in [5.41, 5.74) is 1.21. The molecule has 1 spiro atoms. The number of nitrogens with zero attached hydrogens (tertiary/aromatic N) is 1. The standard InChI is InChI=1S/C15H20F2N2/c1-10(2)19-5-3-4-15(9-19)8-18-14-12(15)6-11(16)7-13(14)17/h6-7,10,18H,3-5,8-9H2,1-2H3/t15-/m0/s1. The molecule has 2 aliphatic heterocycles. The Morgan fingerprint density at radius 3 is 2.84 bits per heavy atom. The van der Waals surface area contributed by atoms with Gasteiger partial charge in [0.15, 0.2) is 0 Å². The molecule has 0 unspecified atom stereocenters. The number of anilines is 1. The van der Waals surface area contributed by atoms with Crippen molar-refractivity contribution >= 4 is 5.69 Å². The van der Waals surface area contributed by atoms with Gasteiger partial charge in [-0.1, -0.05) is 0 Å². The minimum atomic E-state index is -0.471. The number of hydrogen-bond acceptors (Lipinski definition) is 2. The van der Waals surface area contributed by atoms with Crippen LogP contribution in [0.1, 0.15) is 32.3 Å². The molecule has 1 fully saturated rings. The van der Waals surface area contributed by atoms with E-state index in [1.165, 1.54) is 6.07 Å². The molecule has 19 heavy (non-hydrogen) atoms. The van der Waals surface area contributed by atoms with Crippen LogP contribution in [0.15, 0.2) is 12.1 Å². The maximum Gasteiger partial charge on any atom is 0.149 e. The number of halogens is 2. The van der Waals surface area contributed by atoms with Gasteiger partial charge in [0.2, 0.25) is 0 Å². The number of nitrogens with one attached hydrogen (secondary N) is 1. The first-order valence-corrected chi connectivity index (χ1v) is 6.99. The van der Waals surface area contributed by atoms with E-state index < -0.39 is 11.6 Å². The molecule has 0 radical (unpaired) electrons. The number of likely N-dealkylation sites (tertiary alicyclic amines) is 1. The van der Waals surface area contributed by atoms with Gasteiger partial charge in [0.25, 0.3) is 0 Å². The number of rotatable bonds is 1. The highest BCUT2D eigenvalue weighted by molar-refractivity contribution is 5.62. The van der Waals surface area contributed by atoms with Crippen molar-refractivity contribution in [3.05, 3.63) is 29.3 Å². The molecular formula is C15H20F2N2. The lowest BCUT2D eigenvalue weighted by Crippen LogP contribution is -2.49. The summed E-state index contributed by atoms with van der Waals surface area (Å²) in [6.45, 7) is 7.02. The van der Waals surface area contributed by atoms with Gasteiger partial charge in [-0.15, -0.1) is 0 Å². The van der Waals surface area contributed by atoms with Crippen molar-refractivity contribution in [3.63, 3.8) is 0 Å². The maximum atomic E-state index is 13.8. The molecule has 0 aromatic heterocycles. The number of hydrogen-bond donors (Lipinski definition) is 1. The Bertz CT molecular complexity index is 501. The Morgan fingerprint density at radius 1 is 1.32 bits per heavy atom. The molecule has 0 aliphatic carbocycles. The molecule has 1 atom stereocenters. The van der Waals surface area contributed by atoms with Crippen LogP contribution in [-0.2, 0) is 5.41 Å². The highest BCUT2D eigenvalue weighted by Gasteiger charge is 2.43. The molecule has 1 aromatic carbocycles. The van der Waals surface area contributed by atoms with Crippen LogP contribution >= 0.6 is 0 Å². The van der Waals surface area contributed by atoms with Gasteiger partial charge in [0.05, 0.1) is 5.69 Å². The lowest BCUT2D eigenvalue weighted by molar-refractivity contribution is 0.125. The monoisotopic (exact) mass is 266 g/mol. The van der Waals surface area contributed by atoms with Gasteiger partial charge in [-0.2, -0.15) is 0 Å². The fraction of sp³-hybridized carbons (Fsp3) is 0.600. The van der Waals surface area contributed by atoms with Crippen LogP contribution in [0.25, 0.3) is 0 Å². The summed E-state index contributed by atoms with van der Waals surface area (Å²) >= 11 is 0. The lowest BCUT2D eigenvalue weighted by Gasteiger charge is -2.42. The quantitative estimate of drug-likeness (QED) is 0.840. The van der Waals surface area contributed by atoms with E-state index in [1.807, 2.05) is 0 Å². The summed E-state index contributed by atoms with van der Waals surface area (Å²) in [7, 11) is 0. The molecule has 2 heterocycles. The zero-order valence-corrected chi connectivity index (χ0v) is 11.5. The third-order valence-electron chi connectivity index (χ3n) is 4.57. The van der Waals surface area contributed by atoms with E-state index in [0.717, 1.165) is 37.6 Å². The fourth-order valence-electron chi connectivity index (χ4n) is 3.50. The molecule has 3 rings (SSSR count). The van der Waals surface area contributed by atoms with Crippen molar-refractivity contribution in [1.29, 1.82) is 0 Å². The summed E-state index contributed by atoms with van der Waals surface area (Å²) in [5.74, 6) is -0.936. The van der Waals surface area contributed by atoms with Crippen molar-refractivity contribution < 1.29 is 8.78 Å². The van der Waals surface area contributed by atoms with Crippen molar-refractivity contribution in [3.8, 4) is 0 Å². The molecule has 0 saturated carbocycles. The van der Waals surface area contributed by atoms with Crippen LogP contribution in [-0.4, -0.2) is 30.6 Å². The number of benzene rings is 1. The Hall–Kier alpha value is -1.16.